The molecule has 0 saturated carbocycles. The Labute approximate surface area is 127 Å². The summed E-state index contributed by atoms with van der Waals surface area (Å²) in [5, 5.41) is 13.9. The van der Waals surface area contributed by atoms with Gasteiger partial charge in [-0.2, -0.15) is 0 Å². The fourth-order valence-corrected chi connectivity index (χ4v) is 1.72. The van der Waals surface area contributed by atoms with E-state index in [0.29, 0.717) is 10.4 Å². The van der Waals surface area contributed by atoms with Crippen LogP contribution in [-0.4, -0.2) is 20.9 Å². The molecule has 0 amide bonds. The largest absolute Gasteiger partial charge is 0.426 e. The normalized spacial score (nSPS) is 10.0. The van der Waals surface area contributed by atoms with E-state index in [9.17, 15) is 14.9 Å². The molecule has 1 heterocycles. The number of nitrogens with one attached hydrogen (secondary N) is 1. The topological polar surface area (TPSA) is 107 Å². The van der Waals surface area contributed by atoms with E-state index in [4.69, 9.17) is 4.74 Å². The Bertz CT molecular complexity index is 690. The van der Waals surface area contributed by atoms with E-state index < -0.39 is 10.9 Å². The lowest BCUT2D eigenvalue weighted by atomic mass is 10.2. The Morgan fingerprint density at radius 1 is 1.38 bits per heavy atom. The maximum Gasteiger partial charge on any atom is 0.308 e. The van der Waals surface area contributed by atoms with Crippen LogP contribution >= 0.6 is 15.9 Å². The molecule has 21 heavy (non-hydrogen) atoms. The summed E-state index contributed by atoms with van der Waals surface area (Å²) in [5.41, 5.74) is -0.0222. The Kier molecular flexibility index (Phi) is 4.43. The molecule has 0 unspecified atom stereocenters. The van der Waals surface area contributed by atoms with E-state index in [1.807, 2.05) is 0 Å². The van der Waals surface area contributed by atoms with Crippen molar-refractivity contribution in [2.75, 3.05) is 5.32 Å². The summed E-state index contributed by atoms with van der Waals surface area (Å²) in [4.78, 5) is 29.4. The van der Waals surface area contributed by atoms with Crippen LogP contribution in [0, 0.1) is 10.1 Å². The van der Waals surface area contributed by atoms with Gasteiger partial charge in [-0.3, -0.25) is 14.9 Å². The van der Waals surface area contributed by atoms with Gasteiger partial charge in [-0.15, -0.1) is 0 Å². The number of aromatic nitrogens is 2. The molecule has 0 atom stereocenters. The molecule has 2 aromatic rings. The molecule has 1 aromatic carbocycles. The highest BCUT2D eigenvalue weighted by atomic mass is 79.9. The van der Waals surface area contributed by atoms with Gasteiger partial charge in [-0.1, -0.05) is 0 Å². The summed E-state index contributed by atoms with van der Waals surface area (Å²) in [6.07, 6.45) is 2.88. The fourth-order valence-electron chi connectivity index (χ4n) is 1.51. The molecule has 0 bridgehead atoms. The van der Waals surface area contributed by atoms with E-state index in [2.05, 4.69) is 31.2 Å². The van der Waals surface area contributed by atoms with E-state index in [0.717, 1.165) is 6.07 Å². The van der Waals surface area contributed by atoms with Gasteiger partial charge in [0.1, 0.15) is 21.9 Å². The van der Waals surface area contributed by atoms with Crippen LogP contribution in [0.5, 0.6) is 5.75 Å². The summed E-state index contributed by atoms with van der Waals surface area (Å²) in [6.45, 7) is 1.22. The Hall–Kier alpha value is -2.55. The van der Waals surface area contributed by atoms with Crippen LogP contribution in [-0.2, 0) is 4.79 Å². The molecular formula is C12H9BrN4O4. The zero-order valence-corrected chi connectivity index (χ0v) is 12.3. The van der Waals surface area contributed by atoms with E-state index >= 15 is 0 Å². The Morgan fingerprint density at radius 3 is 2.71 bits per heavy atom. The quantitative estimate of drug-likeness (QED) is 0.390. The van der Waals surface area contributed by atoms with Crippen molar-refractivity contribution in [2.45, 2.75) is 6.92 Å². The van der Waals surface area contributed by atoms with Crippen molar-refractivity contribution in [1.82, 2.24) is 9.97 Å². The van der Waals surface area contributed by atoms with Gasteiger partial charge in [0.05, 0.1) is 23.4 Å². The lowest BCUT2D eigenvalue weighted by molar-refractivity contribution is -0.384. The van der Waals surface area contributed by atoms with Gasteiger partial charge >= 0.3 is 5.97 Å². The van der Waals surface area contributed by atoms with Gasteiger partial charge < -0.3 is 10.1 Å². The number of benzene rings is 1. The number of nitro groups is 1. The number of nitro benzene ring substituents is 1. The predicted octanol–water partition coefficient (Wildman–Crippen LogP) is 2.82. The highest BCUT2D eigenvalue weighted by molar-refractivity contribution is 9.10. The first-order valence-corrected chi connectivity index (χ1v) is 6.46. The van der Waals surface area contributed by atoms with Gasteiger partial charge in [0.2, 0.25) is 0 Å². The number of hydrogen-bond acceptors (Lipinski definition) is 7. The SMILES string of the molecule is CC(=O)Oc1ccc(Nc2cnc(Br)cn2)c([N+](=O)[O-])c1. The first kappa shape index (κ1) is 14.9. The van der Waals surface area contributed by atoms with Crippen molar-refractivity contribution in [3.63, 3.8) is 0 Å². The Morgan fingerprint density at radius 2 is 2.14 bits per heavy atom. The minimum atomic E-state index is -0.582. The zero-order chi connectivity index (χ0) is 15.4. The fraction of sp³-hybridized carbons (Fsp3) is 0.0833. The molecule has 0 aliphatic heterocycles. The molecule has 0 radical (unpaired) electrons. The summed E-state index contributed by atoms with van der Waals surface area (Å²) in [6, 6.07) is 4.04. The maximum atomic E-state index is 11.1. The van der Waals surface area contributed by atoms with Crippen LogP contribution in [0.25, 0.3) is 0 Å². The monoisotopic (exact) mass is 352 g/mol. The average molecular weight is 353 g/mol. The average Bonchev–Trinajstić information content (AvgIpc) is 2.42. The van der Waals surface area contributed by atoms with Crippen molar-refractivity contribution in [2.24, 2.45) is 0 Å². The van der Waals surface area contributed by atoms with Gasteiger partial charge in [-0.25, -0.2) is 9.97 Å². The van der Waals surface area contributed by atoms with Crippen LogP contribution in [0.4, 0.5) is 17.2 Å². The highest BCUT2D eigenvalue weighted by Gasteiger charge is 2.16. The third-order valence-electron chi connectivity index (χ3n) is 2.31. The zero-order valence-electron chi connectivity index (χ0n) is 10.7. The number of carbonyl (C=O) groups is 1. The molecule has 0 saturated heterocycles. The molecule has 8 nitrogen and oxygen atoms in total. The summed E-state index contributed by atoms with van der Waals surface area (Å²) in [7, 11) is 0. The number of halogens is 1. The molecular weight excluding hydrogens is 344 g/mol. The number of esters is 1. The summed E-state index contributed by atoms with van der Waals surface area (Å²) < 4.78 is 5.37. The molecule has 0 spiro atoms. The molecule has 0 aliphatic rings. The summed E-state index contributed by atoms with van der Waals surface area (Å²) >= 11 is 3.14. The smallest absolute Gasteiger partial charge is 0.308 e. The van der Waals surface area contributed by atoms with Crippen molar-refractivity contribution in [3.05, 3.63) is 45.3 Å². The molecule has 108 valence electrons. The standard InChI is InChI=1S/C12H9BrN4O4/c1-7(18)21-8-2-3-9(10(4-8)17(19)20)16-12-6-14-11(13)5-15-12/h2-6H,1H3,(H,15,16). The van der Waals surface area contributed by atoms with Gasteiger partial charge in [-0.05, 0) is 28.1 Å². The minimum absolute atomic E-state index is 0.0987. The molecule has 2 rings (SSSR count). The molecule has 9 heteroatoms. The molecule has 1 N–H and O–H groups in total. The van der Waals surface area contributed by atoms with E-state index in [1.165, 1.54) is 31.5 Å². The number of hydrogen-bond donors (Lipinski definition) is 1. The number of ether oxygens (including phenoxy) is 1. The molecule has 1 aromatic heterocycles. The number of rotatable bonds is 4. The van der Waals surface area contributed by atoms with Crippen LogP contribution < -0.4 is 10.1 Å². The number of nitrogens with zero attached hydrogens (tertiary/aromatic N) is 3. The van der Waals surface area contributed by atoms with Gasteiger partial charge in [0.15, 0.2) is 0 Å². The number of carbonyl (C=O) groups excluding carboxylic acids is 1. The first-order valence-electron chi connectivity index (χ1n) is 5.67. The summed E-state index contributed by atoms with van der Waals surface area (Å²) in [5.74, 6) is -0.105. The molecule has 0 aliphatic carbocycles. The van der Waals surface area contributed by atoms with Crippen molar-refractivity contribution >= 4 is 39.1 Å². The second-order valence-corrected chi connectivity index (χ2v) is 4.69. The highest BCUT2D eigenvalue weighted by Crippen LogP contribution is 2.31. The van der Waals surface area contributed by atoms with Crippen LogP contribution in [0.1, 0.15) is 6.92 Å². The first-order chi connectivity index (χ1) is 9.95. The lowest BCUT2D eigenvalue weighted by Gasteiger charge is -2.07. The maximum absolute atomic E-state index is 11.1. The van der Waals surface area contributed by atoms with Crippen molar-refractivity contribution in [1.29, 1.82) is 0 Å². The van der Waals surface area contributed by atoms with Gasteiger partial charge in [0, 0.05) is 6.92 Å². The second-order valence-electron chi connectivity index (χ2n) is 3.88. The van der Waals surface area contributed by atoms with Crippen molar-refractivity contribution in [3.8, 4) is 5.75 Å². The lowest BCUT2D eigenvalue weighted by Crippen LogP contribution is -2.03. The molecule has 0 fully saturated rings. The predicted molar refractivity (Wildman–Crippen MR) is 77.4 cm³/mol. The third-order valence-corrected chi connectivity index (χ3v) is 2.72. The van der Waals surface area contributed by atoms with Crippen molar-refractivity contribution < 1.29 is 14.5 Å². The minimum Gasteiger partial charge on any atom is -0.426 e. The van der Waals surface area contributed by atoms with Crippen LogP contribution in [0.15, 0.2) is 35.2 Å². The Balaban J connectivity index is 2.32. The van der Waals surface area contributed by atoms with Crippen LogP contribution in [0.3, 0.4) is 0 Å². The van der Waals surface area contributed by atoms with E-state index in [-0.39, 0.29) is 17.1 Å². The number of anilines is 2. The van der Waals surface area contributed by atoms with E-state index in [1.54, 1.807) is 0 Å². The van der Waals surface area contributed by atoms with Gasteiger partial charge in [0.25, 0.3) is 5.69 Å². The third kappa shape index (κ3) is 3.96. The second kappa shape index (κ2) is 6.27. The van der Waals surface area contributed by atoms with Crippen LogP contribution in [0.2, 0.25) is 0 Å².